The van der Waals surface area contributed by atoms with Gasteiger partial charge in [0, 0.05) is 37.8 Å². The van der Waals surface area contributed by atoms with Crippen LogP contribution in [0.3, 0.4) is 0 Å². The van der Waals surface area contributed by atoms with Crippen LogP contribution in [0.1, 0.15) is 12.8 Å². The number of hydrogen-bond donors (Lipinski definition) is 1. The second-order valence-corrected chi connectivity index (χ2v) is 5.78. The van der Waals surface area contributed by atoms with E-state index in [0.29, 0.717) is 19.6 Å². The maximum atomic E-state index is 12.3. The van der Waals surface area contributed by atoms with Crippen LogP contribution >= 0.6 is 0 Å². The monoisotopic (exact) mass is 298 g/mol. The predicted octanol–water partition coefficient (Wildman–Crippen LogP) is 0.711. The molecular formula is C16H18N4O2. The molecule has 0 saturated carbocycles. The van der Waals surface area contributed by atoms with E-state index in [4.69, 9.17) is 5.26 Å². The Hall–Kier alpha value is -2.55. The van der Waals surface area contributed by atoms with Crippen LogP contribution in [-0.2, 0) is 9.59 Å². The molecule has 22 heavy (non-hydrogen) atoms. The zero-order chi connectivity index (χ0) is 15.5. The van der Waals surface area contributed by atoms with Crippen LogP contribution in [0, 0.1) is 17.4 Å². The molecule has 2 saturated heterocycles. The highest BCUT2D eigenvalue weighted by molar-refractivity contribution is 6.00. The minimum absolute atomic E-state index is 0.00743. The molecule has 0 aliphatic carbocycles. The molecule has 0 spiro atoms. The average Bonchev–Trinajstić information content (AvgIpc) is 3.14. The van der Waals surface area contributed by atoms with Gasteiger partial charge >= 0.3 is 0 Å². The zero-order valence-electron chi connectivity index (χ0n) is 12.2. The molecule has 6 heteroatoms. The molecule has 2 fully saturated rings. The summed E-state index contributed by atoms with van der Waals surface area (Å²) < 4.78 is 0. The van der Waals surface area contributed by atoms with Crippen LogP contribution < -0.4 is 10.2 Å². The fraction of sp³-hybridized carbons (Fsp3) is 0.438. The summed E-state index contributed by atoms with van der Waals surface area (Å²) in [6.07, 6.45) is 3.12. The largest absolute Gasteiger partial charge is 0.351 e. The van der Waals surface area contributed by atoms with Crippen molar-refractivity contribution in [2.45, 2.75) is 18.9 Å². The summed E-state index contributed by atoms with van der Waals surface area (Å²) in [6, 6.07) is 9.42. The molecule has 3 rings (SSSR count). The minimum Gasteiger partial charge on any atom is -0.351 e. The number of hydrogen-bond acceptors (Lipinski definition) is 4. The quantitative estimate of drug-likeness (QED) is 0.834. The summed E-state index contributed by atoms with van der Waals surface area (Å²) in [7, 11) is 0. The number of amides is 2. The van der Waals surface area contributed by atoms with Crippen molar-refractivity contribution < 1.29 is 9.59 Å². The fourth-order valence-electron chi connectivity index (χ4n) is 3.03. The van der Waals surface area contributed by atoms with Crippen molar-refractivity contribution in [2.24, 2.45) is 5.92 Å². The van der Waals surface area contributed by atoms with Gasteiger partial charge in [0.1, 0.15) is 0 Å². The number of likely N-dealkylation sites (tertiary alicyclic amines) is 1. The van der Waals surface area contributed by atoms with Crippen molar-refractivity contribution in [3.05, 3.63) is 30.3 Å². The minimum atomic E-state index is -0.316. The number of nitrogens with zero attached hydrogens (tertiary/aromatic N) is 3. The van der Waals surface area contributed by atoms with Crippen LogP contribution in [0.4, 0.5) is 5.69 Å². The molecule has 1 aromatic rings. The van der Waals surface area contributed by atoms with Gasteiger partial charge in [-0.1, -0.05) is 18.2 Å². The second kappa shape index (κ2) is 6.06. The maximum absolute atomic E-state index is 12.3. The average molecular weight is 298 g/mol. The Balaban J connectivity index is 1.59. The van der Waals surface area contributed by atoms with Crippen LogP contribution in [0.2, 0.25) is 0 Å². The predicted molar refractivity (Wildman–Crippen MR) is 80.6 cm³/mol. The molecule has 2 aliphatic rings. The second-order valence-electron chi connectivity index (χ2n) is 5.78. The van der Waals surface area contributed by atoms with E-state index >= 15 is 0 Å². The van der Waals surface area contributed by atoms with Gasteiger partial charge in [-0.15, -0.1) is 0 Å². The normalized spacial score (nSPS) is 24.4. The van der Waals surface area contributed by atoms with Gasteiger partial charge in [-0.2, -0.15) is 5.26 Å². The Bertz CT molecular complexity index is 610. The smallest absolute Gasteiger partial charge is 0.227 e. The highest BCUT2D eigenvalue weighted by atomic mass is 16.2. The zero-order valence-corrected chi connectivity index (χ0v) is 12.2. The van der Waals surface area contributed by atoms with E-state index < -0.39 is 0 Å². The van der Waals surface area contributed by atoms with Crippen molar-refractivity contribution in [1.82, 2.24) is 10.2 Å². The van der Waals surface area contributed by atoms with Crippen molar-refractivity contribution in [3.63, 3.8) is 0 Å². The fourth-order valence-corrected chi connectivity index (χ4v) is 3.03. The molecule has 1 aromatic carbocycles. The summed E-state index contributed by atoms with van der Waals surface area (Å²) in [6.45, 7) is 1.66. The van der Waals surface area contributed by atoms with Gasteiger partial charge in [0.05, 0.1) is 5.92 Å². The molecule has 2 aliphatic heterocycles. The van der Waals surface area contributed by atoms with E-state index in [9.17, 15) is 9.59 Å². The maximum Gasteiger partial charge on any atom is 0.227 e. The van der Waals surface area contributed by atoms with Crippen molar-refractivity contribution in [3.8, 4) is 6.19 Å². The molecule has 2 heterocycles. The van der Waals surface area contributed by atoms with E-state index in [2.05, 4.69) is 11.5 Å². The lowest BCUT2D eigenvalue weighted by molar-refractivity contribution is -0.126. The molecule has 6 nitrogen and oxygen atoms in total. The molecule has 0 bridgehead atoms. The molecule has 0 radical (unpaired) electrons. The number of rotatable bonds is 3. The number of anilines is 1. The summed E-state index contributed by atoms with van der Waals surface area (Å²) in [4.78, 5) is 27.8. The number of carbonyl (C=O) groups is 2. The topological polar surface area (TPSA) is 76.4 Å². The first-order valence-electron chi connectivity index (χ1n) is 7.48. The van der Waals surface area contributed by atoms with E-state index in [1.165, 1.54) is 0 Å². The van der Waals surface area contributed by atoms with Gasteiger partial charge in [0.2, 0.25) is 11.8 Å². The Morgan fingerprint density at radius 2 is 2.05 bits per heavy atom. The highest BCUT2D eigenvalue weighted by Gasteiger charge is 2.36. The summed E-state index contributed by atoms with van der Waals surface area (Å²) in [5.41, 5.74) is 0.833. The first kappa shape index (κ1) is 14.4. The Morgan fingerprint density at radius 3 is 2.73 bits per heavy atom. The van der Waals surface area contributed by atoms with Crippen molar-refractivity contribution in [2.75, 3.05) is 24.5 Å². The number of nitrogens with one attached hydrogen (secondary N) is 1. The van der Waals surface area contributed by atoms with E-state index in [1.807, 2.05) is 30.3 Å². The summed E-state index contributed by atoms with van der Waals surface area (Å²) in [5, 5.41) is 11.8. The summed E-state index contributed by atoms with van der Waals surface area (Å²) >= 11 is 0. The van der Waals surface area contributed by atoms with E-state index in [0.717, 1.165) is 12.1 Å². The number of nitriles is 1. The molecular weight excluding hydrogens is 280 g/mol. The van der Waals surface area contributed by atoms with Crippen molar-refractivity contribution >= 4 is 17.5 Å². The Labute approximate surface area is 129 Å². The van der Waals surface area contributed by atoms with Gasteiger partial charge < -0.3 is 15.1 Å². The molecule has 0 aromatic heterocycles. The first-order valence-corrected chi connectivity index (χ1v) is 7.48. The standard InChI is InChI=1S/C16H18N4O2/c17-11-19-7-6-13(10-19)18-16(22)12-8-15(21)20(9-12)14-4-2-1-3-5-14/h1-5,12-13H,6-10H2,(H,18,22). The number of para-hydroxylation sites is 1. The molecule has 2 amide bonds. The molecule has 114 valence electrons. The van der Waals surface area contributed by atoms with Gasteiger partial charge in [-0.3, -0.25) is 9.59 Å². The summed E-state index contributed by atoms with van der Waals surface area (Å²) in [5.74, 6) is -0.420. The SMILES string of the molecule is N#CN1CCC(NC(=O)C2CC(=O)N(c3ccccc3)C2)C1. The highest BCUT2D eigenvalue weighted by Crippen LogP contribution is 2.25. The van der Waals surface area contributed by atoms with Gasteiger partial charge in [-0.25, -0.2) is 0 Å². The molecule has 1 N–H and O–H groups in total. The lowest BCUT2D eigenvalue weighted by Gasteiger charge is -2.18. The number of benzene rings is 1. The number of carbonyl (C=O) groups excluding carboxylic acids is 2. The van der Waals surface area contributed by atoms with Gasteiger partial charge in [-0.05, 0) is 18.6 Å². The third kappa shape index (κ3) is 2.89. The Morgan fingerprint density at radius 1 is 1.27 bits per heavy atom. The molecule has 2 unspecified atom stereocenters. The van der Waals surface area contributed by atoms with E-state index in [1.54, 1.807) is 9.80 Å². The third-order valence-corrected chi connectivity index (χ3v) is 4.24. The molecule has 2 atom stereocenters. The Kier molecular flexibility index (Phi) is 3.96. The van der Waals surface area contributed by atoms with Crippen LogP contribution in [0.25, 0.3) is 0 Å². The van der Waals surface area contributed by atoms with Gasteiger partial charge in [0.15, 0.2) is 6.19 Å². The van der Waals surface area contributed by atoms with Crippen molar-refractivity contribution in [1.29, 1.82) is 5.26 Å². The lowest BCUT2D eigenvalue weighted by Crippen LogP contribution is -2.41. The van der Waals surface area contributed by atoms with E-state index in [-0.39, 0.29) is 30.2 Å². The first-order chi connectivity index (χ1) is 10.7. The van der Waals surface area contributed by atoms with Crippen LogP contribution in [-0.4, -0.2) is 42.4 Å². The van der Waals surface area contributed by atoms with Gasteiger partial charge in [0.25, 0.3) is 0 Å². The lowest BCUT2D eigenvalue weighted by atomic mass is 10.1. The van der Waals surface area contributed by atoms with Crippen LogP contribution in [0.15, 0.2) is 30.3 Å². The van der Waals surface area contributed by atoms with Crippen LogP contribution in [0.5, 0.6) is 0 Å². The third-order valence-electron chi connectivity index (χ3n) is 4.24.